The Kier molecular flexibility index (Phi) is 5.91. The van der Waals surface area contributed by atoms with Crippen LogP contribution in [0.4, 0.5) is 4.79 Å². The molecule has 80 valence electrons. The first kappa shape index (κ1) is 12.9. The topological polar surface area (TPSA) is 70.2 Å². The molecule has 0 aliphatic heterocycles. The Hall–Kier alpha value is -1.07. The van der Waals surface area contributed by atoms with Crippen molar-refractivity contribution in [1.29, 1.82) is 0 Å². The third-order valence-electron chi connectivity index (χ3n) is 1.46. The first-order valence-corrected chi connectivity index (χ1v) is 4.44. The molecule has 0 fully saturated rings. The van der Waals surface area contributed by atoms with Crippen LogP contribution >= 0.6 is 11.6 Å². The quantitative estimate of drug-likeness (QED) is 0.632. The van der Waals surface area contributed by atoms with Crippen molar-refractivity contribution in [1.82, 2.24) is 16.0 Å². The summed E-state index contributed by atoms with van der Waals surface area (Å²) < 4.78 is 0. The van der Waals surface area contributed by atoms with E-state index >= 15 is 0 Å². The molecule has 1 unspecified atom stereocenters. The molecule has 0 rings (SSSR count). The highest BCUT2D eigenvalue weighted by Gasteiger charge is 2.13. The van der Waals surface area contributed by atoms with Gasteiger partial charge in [0.05, 0.1) is 6.04 Å². The zero-order chi connectivity index (χ0) is 11.1. The number of amides is 3. The van der Waals surface area contributed by atoms with Gasteiger partial charge in [-0.3, -0.25) is 10.1 Å². The van der Waals surface area contributed by atoms with Crippen molar-refractivity contribution < 1.29 is 9.59 Å². The van der Waals surface area contributed by atoms with E-state index in [1.165, 1.54) is 7.05 Å². The van der Waals surface area contributed by atoms with Gasteiger partial charge in [0.15, 0.2) is 0 Å². The average molecular weight is 220 g/mol. The summed E-state index contributed by atoms with van der Waals surface area (Å²) in [6.07, 6.45) is 0. The minimum atomic E-state index is -0.534. The van der Waals surface area contributed by atoms with Gasteiger partial charge < -0.3 is 10.6 Å². The largest absolute Gasteiger partial charge is 0.341 e. The lowest BCUT2D eigenvalue weighted by Crippen LogP contribution is -2.47. The third kappa shape index (κ3) is 5.55. The minimum absolute atomic E-state index is 0.323. The van der Waals surface area contributed by atoms with E-state index in [0.717, 1.165) is 0 Å². The van der Waals surface area contributed by atoms with Crippen LogP contribution in [0.2, 0.25) is 0 Å². The highest BCUT2D eigenvalue weighted by Crippen LogP contribution is 1.93. The summed E-state index contributed by atoms with van der Waals surface area (Å²) in [5, 5.41) is 7.60. The van der Waals surface area contributed by atoms with Gasteiger partial charge in [-0.05, 0) is 6.92 Å². The fourth-order valence-electron chi connectivity index (χ4n) is 0.639. The summed E-state index contributed by atoms with van der Waals surface area (Å²) in [6, 6.07) is -1.03. The van der Waals surface area contributed by atoms with Crippen LogP contribution in [0.5, 0.6) is 0 Å². The van der Waals surface area contributed by atoms with Gasteiger partial charge in [0, 0.05) is 18.6 Å². The number of halogens is 1. The Balaban J connectivity index is 3.87. The van der Waals surface area contributed by atoms with Crippen LogP contribution in [-0.4, -0.2) is 31.6 Å². The lowest BCUT2D eigenvalue weighted by atomic mass is 10.3. The predicted molar refractivity (Wildman–Crippen MR) is 55.1 cm³/mol. The van der Waals surface area contributed by atoms with Gasteiger partial charge in [0.25, 0.3) is 0 Å². The molecule has 1 atom stereocenters. The van der Waals surface area contributed by atoms with Crippen molar-refractivity contribution in [2.45, 2.75) is 13.0 Å². The molecule has 5 nitrogen and oxygen atoms in total. The van der Waals surface area contributed by atoms with Crippen LogP contribution in [-0.2, 0) is 4.79 Å². The maximum absolute atomic E-state index is 11.2. The molecule has 0 aliphatic carbocycles. The molecule has 0 aromatic heterocycles. The summed E-state index contributed by atoms with van der Waals surface area (Å²) in [5.74, 6) is -0.415. The first-order valence-electron chi connectivity index (χ1n) is 4.06. The first-order chi connectivity index (χ1) is 6.47. The molecule has 0 saturated heterocycles. The SMILES string of the molecule is C=C(Cl)CNC(C)C(=O)NC(=O)NC. The number of imide groups is 1. The van der Waals surface area contributed by atoms with Crippen molar-refractivity contribution in [3.63, 3.8) is 0 Å². The van der Waals surface area contributed by atoms with Crippen molar-refractivity contribution in [3.05, 3.63) is 11.6 Å². The maximum atomic E-state index is 11.2. The summed E-state index contributed by atoms with van der Waals surface area (Å²) in [4.78, 5) is 22.0. The Bertz CT molecular complexity index is 243. The molecule has 0 aromatic rings. The molecule has 0 bridgehead atoms. The summed E-state index contributed by atoms with van der Waals surface area (Å²) in [6.45, 7) is 5.40. The second kappa shape index (κ2) is 6.39. The average Bonchev–Trinajstić information content (AvgIpc) is 2.13. The number of urea groups is 1. The van der Waals surface area contributed by atoms with Crippen LogP contribution < -0.4 is 16.0 Å². The third-order valence-corrected chi connectivity index (χ3v) is 1.59. The van der Waals surface area contributed by atoms with Gasteiger partial charge in [-0.25, -0.2) is 4.79 Å². The molecule has 0 heterocycles. The molecule has 14 heavy (non-hydrogen) atoms. The minimum Gasteiger partial charge on any atom is -0.341 e. The monoisotopic (exact) mass is 219 g/mol. The van der Waals surface area contributed by atoms with E-state index in [4.69, 9.17) is 11.6 Å². The van der Waals surface area contributed by atoms with E-state index in [2.05, 4.69) is 22.5 Å². The number of hydrogen-bond acceptors (Lipinski definition) is 3. The Morgan fingerprint density at radius 2 is 2.07 bits per heavy atom. The summed E-state index contributed by atoms with van der Waals surface area (Å²) in [7, 11) is 1.43. The second-order valence-electron chi connectivity index (χ2n) is 2.69. The number of carbonyl (C=O) groups excluding carboxylic acids is 2. The molecule has 3 amide bonds. The molecule has 0 aliphatic rings. The highest BCUT2D eigenvalue weighted by molar-refractivity contribution is 6.29. The van der Waals surface area contributed by atoms with Crippen molar-refractivity contribution in [2.75, 3.05) is 13.6 Å². The maximum Gasteiger partial charge on any atom is 0.321 e. The summed E-state index contributed by atoms with van der Waals surface area (Å²) >= 11 is 5.49. The fraction of sp³-hybridized carbons (Fsp3) is 0.500. The van der Waals surface area contributed by atoms with Crippen molar-refractivity contribution >= 4 is 23.5 Å². The normalized spacial score (nSPS) is 11.6. The Morgan fingerprint density at radius 1 is 1.50 bits per heavy atom. The summed E-state index contributed by atoms with van der Waals surface area (Å²) in [5.41, 5.74) is 0. The molecule has 3 N–H and O–H groups in total. The Morgan fingerprint density at radius 3 is 2.50 bits per heavy atom. The molecule has 0 saturated carbocycles. The zero-order valence-electron chi connectivity index (χ0n) is 8.19. The van der Waals surface area contributed by atoms with Crippen LogP contribution in [0.1, 0.15) is 6.92 Å². The van der Waals surface area contributed by atoms with Gasteiger partial charge in [-0.2, -0.15) is 0 Å². The number of hydrogen-bond donors (Lipinski definition) is 3. The number of nitrogens with one attached hydrogen (secondary N) is 3. The Labute approximate surface area is 87.9 Å². The fourth-order valence-corrected chi connectivity index (χ4v) is 0.716. The molecule has 6 heteroatoms. The van der Waals surface area contributed by atoms with E-state index in [1.54, 1.807) is 6.92 Å². The zero-order valence-corrected chi connectivity index (χ0v) is 8.94. The molecule has 0 aromatic carbocycles. The van der Waals surface area contributed by atoms with E-state index in [9.17, 15) is 9.59 Å². The molecular weight excluding hydrogens is 206 g/mol. The van der Waals surface area contributed by atoms with Gasteiger partial charge in [0.1, 0.15) is 0 Å². The molecular formula is C8H14ClN3O2. The van der Waals surface area contributed by atoms with E-state index in [1.807, 2.05) is 0 Å². The number of carbonyl (C=O) groups is 2. The van der Waals surface area contributed by atoms with E-state index < -0.39 is 18.0 Å². The van der Waals surface area contributed by atoms with Crippen LogP contribution in [0, 0.1) is 0 Å². The van der Waals surface area contributed by atoms with Gasteiger partial charge in [0.2, 0.25) is 5.91 Å². The lowest BCUT2D eigenvalue weighted by molar-refractivity contribution is -0.121. The van der Waals surface area contributed by atoms with Crippen LogP contribution in [0.25, 0.3) is 0 Å². The van der Waals surface area contributed by atoms with Crippen molar-refractivity contribution in [2.24, 2.45) is 0 Å². The lowest BCUT2D eigenvalue weighted by Gasteiger charge is -2.12. The molecule has 0 radical (unpaired) electrons. The van der Waals surface area contributed by atoms with Gasteiger partial charge >= 0.3 is 6.03 Å². The van der Waals surface area contributed by atoms with E-state index in [-0.39, 0.29) is 0 Å². The van der Waals surface area contributed by atoms with Crippen LogP contribution in [0.3, 0.4) is 0 Å². The van der Waals surface area contributed by atoms with Gasteiger partial charge in [-0.15, -0.1) is 0 Å². The second-order valence-corrected chi connectivity index (χ2v) is 3.22. The molecule has 0 spiro atoms. The smallest absolute Gasteiger partial charge is 0.321 e. The predicted octanol–water partition coefficient (Wildman–Crippen LogP) is 0.173. The number of rotatable bonds is 4. The van der Waals surface area contributed by atoms with Gasteiger partial charge in [-0.1, -0.05) is 18.2 Å². The standard InChI is InChI=1S/C8H14ClN3O2/c1-5(9)4-11-6(2)7(13)12-8(14)10-3/h6,11H,1,4H2,2-3H3,(H2,10,12,13,14). The van der Waals surface area contributed by atoms with Crippen LogP contribution in [0.15, 0.2) is 11.6 Å². The van der Waals surface area contributed by atoms with E-state index in [0.29, 0.717) is 11.6 Å². The highest BCUT2D eigenvalue weighted by atomic mass is 35.5. The van der Waals surface area contributed by atoms with Crippen molar-refractivity contribution in [3.8, 4) is 0 Å².